The SMILES string of the molecule is O=C(Nc1cccc(F)n1)c1cccc2c1OCCO2. The van der Waals surface area contributed by atoms with E-state index in [2.05, 4.69) is 10.3 Å². The number of hydrogen-bond donors (Lipinski definition) is 1. The molecule has 2 aromatic rings. The van der Waals surface area contributed by atoms with Crippen LogP contribution in [0.1, 0.15) is 10.4 Å². The lowest BCUT2D eigenvalue weighted by molar-refractivity contribution is 0.101. The van der Waals surface area contributed by atoms with Crippen molar-refractivity contribution in [2.24, 2.45) is 0 Å². The van der Waals surface area contributed by atoms with Crippen molar-refractivity contribution < 1.29 is 18.7 Å². The average molecular weight is 274 g/mol. The highest BCUT2D eigenvalue weighted by molar-refractivity contribution is 6.06. The van der Waals surface area contributed by atoms with Gasteiger partial charge in [0.25, 0.3) is 5.91 Å². The van der Waals surface area contributed by atoms with Gasteiger partial charge in [0.15, 0.2) is 11.5 Å². The summed E-state index contributed by atoms with van der Waals surface area (Å²) in [4.78, 5) is 15.8. The van der Waals surface area contributed by atoms with E-state index in [4.69, 9.17) is 9.47 Å². The Kier molecular flexibility index (Phi) is 3.20. The fraction of sp³-hybridized carbons (Fsp3) is 0.143. The number of nitrogens with one attached hydrogen (secondary N) is 1. The molecule has 102 valence electrons. The van der Waals surface area contributed by atoms with Gasteiger partial charge in [-0.05, 0) is 24.3 Å². The number of nitrogens with zero attached hydrogens (tertiary/aromatic N) is 1. The van der Waals surface area contributed by atoms with Gasteiger partial charge < -0.3 is 14.8 Å². The molecule has 2 heterocycles. The number of para-hydroxylation sites is 1. The molecule has 1 amide bonds. The van der Waals surface area contributed by atoms with Crippen LogP contribution in [0.15, 0.2) is 36.4 Å². The average Bonchev–Trinajstić information content (AvgIpc) is 2.46. The number of ether oxygens (including phenoxy) is 2. The summed E-state index contributed by atoms with van der Waals surface area (Å²) in [5.74, 6) is -0.0176. The van der Waals surface area contributed by atoms with Crippen LogP contribution in [0.2, 0.25) is 0 Å². The summed E-state index contributed by atoms with van der Waals surface area (Å²) in [7, 11) is 0. The minimum Gasteiger partial charge on any atom is -0.486 e. The Morgan fingerprint density at radius 3 is 2.80 bits per heavy atom. The number of pyridine rings is 1. The molecule has 0 atom stereocenters. The van der Waals surface area contributed by atoms with E-state index in [1.54, 1.807) is 18.2 Å². The molecule has 0 saturated heterocycles. The molecule has 0 fully saturated rings. The van der Waals surface area contributed by atoms with E-state index < -0.39 is 11.9 Å². The molecule has 0 unspecified atom stereocenters. The number of fused-ring (bicyclic) bond motifs is 1. The lowest BCUT2D eigenvalue weighted by atomic mass is 10.1. The molecule has 6 heteroatoms. The summed E-state index contributed by atoms with van der Waals surface area (Å²) in [6.07, 6.45) is 0. The summed E-state index contributed by atoms with van der Waals surface area (Å²) in [6, 6.07) is 9.22. The maximum atomic E-state index is 13.0. The first-order valence-corrected chi connectivity index (χ1v) is 6.06. The van der Waals surface area contributed by atoms with Gasteiger partial charge in [-0.15, -0.1) is 0 Å². The molecule has 0 radical (unpaired) electrons. The van der Waals surface area contributed by atoms with Crippen molar-refractivity contribution in [2.75, 3.05) is 18.5 Å². The van der Waals surface area contributed by atoms with Crippen LogP contribution in [0.3, 0.4) is 0 Å². The van der Waals surface area contributed by atoms with Gasteiger partial charge in [0.05, 0.1) is 5.56 Å². The number of carbonyl (C=O) groups excluding carboxylic acids is 1. The van der Waals surface area contributed by atoms with E-state index in [0.29, 0.717) is 30.3 Å². The van der Waals surface area contributed by atoms with Crippen LogP contribution in [-0.4, -0.2) is 24.1 Å². The Morgan fingerprint density at radius 1 is 1.15 bits per heavy atom. The zero-order valence-electron chi connectivity index (χ0n) is 10.4. The highest BCUT2D eigenvalue weighted by Gasteiger charge is 2.20. The van der Waals surface area contributed by atoms with Gasteiger partial charge >= 0.3 is 0 Å². The normalized spacial score (nSPS) is 12.8. The van der Waals surface area contributed by atoms with Crippen molar-refractivity contribution >= 4 is 11.7 Å². The zero-order valence-corrected chi connectivity index (χ0v) is 10.4. The smallest absolute Gasteiger partial charge is 0.260 e. The van der Waals surface area contributed by atoms with E-state index in [9.17, 15) is 9.18 Å². The second-order valence-corrected chi connectivity index (χ2v) is 4.13. The highest BCUT2D eigenvalue weighted by Crippen LogP contribution is 2.33. The number of halogens is 1. The van der Waals surface area contributed by atoms with Crippen LogP contribution in [0.5, 0.6) is 11.5 Å². The maximum Gasteiger partial charge on any atom is 0.260 e. The maximum absolute atomic E-state index is 13.0. The molecule has 0 aliphatic carbocycles. The molecule has 20 heavy (non-hydrogen) atoms. The largest absolute Gasteiger partial charge is 0.486 e. The topological polar surface area (TPSA) is 60.5 Å². The molecule has 0 saturated carbocycles. The molecule has 1 aromatic heterocycles. The molecular weight excluding hydrogens is 263 g/mol. The van der Waals surface area contributed by atoms with Crippen molar-refractivity contribution in [1.82, 2.24) is 4.98 Å². The summed E-state index contributed by atoms with van der Waals surface area (Å²) < 4.78 is 23.8. The Hall–Kier alpha value is -2.63. The van der Waals surface area contributed by atoms with Crippen LogP contribution in [0.25, 0.3) is 0 Å². The molecule has 0 bridgehead atoms. The number of anilines is 1. The number of rotatable bonds is 2. The lowest BCUT2D eigenvalue weighted by Crippen LogP contribution is -2.20. The van der Waals surface area contributed by atoms with E-state index >= 15 is 0 Å². The van der Waals surface area contributed by atoms with Gasteiger partial charge in [-0.2, -0.15) is 4.39 Å². The van der Waals surface area contributed by atoms with Crippen molar-refractivity contribution in [2.45, 2.75) is 0 Å². The van der Waals surface area contributed by atoms with E-state index in [1.807, 2.05) is 0 Å². The van der Waals surface area contributed by atoms with E-state index in [-0.39, 0.29) is 5.82 Å². The third kappa shape index (κ3) is 2.40. The van der Waals surface area contributed by atoms with Gasteiger partial charge in [-0.3, -0.25) is 4.79 Å². The molecule has 1 aromatic carbocycles. The number of hydrogen-bond acceptors (Lipinski definition) is 4. The first-order valence-electron chi connectivity index (χ1n) is 6.06. The van der Waals surface area contributed by atoms with Gasteiger partial charge in [-0.25, -0.2) is 4.98 Å². The Morgan fingerprint density at radius 2 is 1.95 bits per heavy atom. The first-order chi connectivity index (χ1) is 9.74. The van der Waals surface area contributed by atoms with Crippen LogP contribution in [0, 0.1) is 5.95 Å². The Bertz CT molecular complexity index is 661. The second-order valence-electron chi connectivity index (χ2n) is 4.13. The Balaban J connectivity index is 1.88. The number of aromatic nitrogens is 1. The lowest BCUT2D eigenvalue weighted by Gasteiger charge is -2.20. The molecule has 0 spiro atoms. The van der Waals surface area contributed by atoms with Crippen molar-refractivity contribution in [3.8, 4) is 11.5 Å². The van der Waals surface area contributed by atoms with Crippen LogP contribution in [-0.2, 0) is 0 Å². The Labute approximate surface area is 114 Å². The quantitative estimate of drug-likeness (QED) is 0.853. The zero-order chi connectivity index (χ0) is 13.9. The first kappa shape index (κ1) is 12.4. The summed E-state index contributed by atoms with van der Waals surface area (Å²) in [6.45, 7) is 0.832. The monoisotopic (exact) mass is 274 g/mol. The van der Waals surface area contributed by atoms with Crippen molar-refractivity contribution in [3.05, 3.63) is 47.9 Å². The fourth-order valence-corrected chi connectivity index (χ4v) is 1.91. The van der Waals surface area contributed by atoms with Crippen molar-refractivity contribution in [3.63, 3.8) is 0 Å². The fourth-order valence-electron chi connectivity index (χ4n) is 1.91. The predicted molar refractivity (Wildman–Crippen MR) is 69.6 cm³/mol. The summed E-state index contributed by atoms with van der Waals surface area (Å²) >= 11 is 0. The molecular formula is C14H11FN2O3. The van der Waals surface area contributed by atoms with Crippen molar-refractivity contribution in [1.29, 1.82) is 0 Å². The molecule has 1 aliphatic rings. The highest BCUT2D eigenvalue weighted by atomic mass is 19.1. The molecule has 1 aliphatic heterocycles. The molecule has 1 N–H and O–H groups in total. The third-order valence-electron chi connectivity index (χ3n) is 2.77. The number of amides is 1. The molecule has 3 rings (SSSR count). The predicted octanol–water partition coefficient (Wildman–Crippen LogP) is 2.24. The van der Waals surface area contributed by atoms with Crippen LogP contribution < -0.4 is 14.8 Å². The second kappa shape index (κ2) is 5.16. The van der Waals surface area contributed by atoms with Gasteiger partial charge in [0.1, 0.15) is 19.0 Å². The van der Waals surface area contributed by atoms with E-state index in [0.717, 1.165) is 0 Å². The minimum atomic E-state index is -0.655. The summed E-state index contributed by atoms with van der Waals surface area (Å²) in [5.41, 5.74) is 0.327. The van der Waals surface area contributed by atoms with Crippen LogP contribution in [0.4, 0.5) is 10.2 Å². The molecule has 5 nitrogen and oxygen atoms in total. The number of benzene rings is 1. The van der Waals surface area contributed by atoms with Gasteiger partial charge in [-0.1, -0.05) is 12.1 Å². The van der Waals surface area contributed by atoms with Gasteiger partial charge in [0.2, 0.25) is 5.95 Å². The third-order valence-corrected chi connectivity index (χ3v) is 2.77. The number of carbonyl (C=O) groups is 1. The van der Waals surface area contributed by atoms with Crippen LogP contribution >= 0.6 is 0 Å². The minimum absolute atomic E-state index is 0.143. The standard InChI is InChI=1S/C14H11FN2O3/c15-11-5-2-6-12(16-11)17-14(18)9-3-1-4-10-13(9)20-8-7-19-10/h1-6H,7-8H2,(H,16,17,18). The van der Waals surface area contributed by atoms with Gasteiger partial charge in [0, 0.05) is 0 Å². The summed E-state index contributed by atoms with van der Waals surface area (Å²) in [5, 5.41) is 2.52. The van der Waals surface area contributed by atoms with E-state index in [1.165, 1.54) is 18.2 Å².